The van der Waals surface area contributed by atoms with Crippen LogP contribution in [0.4, 0.5) is 11.4 Å². The summed E-state index contributed by atoms with van der Waals surface area (Å²) < 4.78 is 5.53. The molecule has 1 fully saturated rings. The molecule has 1 aromatic carbocycles. The van der Waals surface area contributed by atoms with E-state index in [-0.39, 0.29) is 5.91 Å². The number of anilines is 2. The molecule has 2 N–H and O–H groups in total. The number of benzene rings is 1. The van der Waals surface area contributed by atoms with Crippen LogP contribution in [0.5, 0.6) is 0 Å². The van der Waals surface area contributed by atoms with Crippen molar-refractivity contribution in [2.24, 2.45) is 0 Å². The van der Waals surface area contributed by atoms with E-state index in [1.165, 1.54) is 6.92 Å². The monoisotopic (exact) mass is 234 g/mol. The molecule has 2 rings (SSSR count). The predicted octanol–water partition coefficient (Wildman–Crippen LogP) is 2.24. The first-order valence-corrected chi connectivity index (χ1v) is 5.97. The fraction of sp³-hybridized carbons (Fsp3) is 0.462. The Morgan fingerprint density at radius 1 is 1.35 bits per heavy atom. The van der Waals surface area contributed by atoms with Crippen LogP contribution < -0.4 is 10.6 Å². The van der Waals surface area contributed by atoms with Crippen molar-refractivity contribution in [3.8, 4) is 0 Å². The molecule has 17 heavy (non-hydrogen) atoms. The van der Waals surface area contributed by atoms with E-state index in [1.54, 1.807) is 0 Å². The van der Waals surface area contributed by atoms with Crippen molar-refractivity contribution in [3.05, 3.63) is 24.3 Å². The fourth-order valence-corrected chi connectivity index (χ4v) is 1.91. The van der Waals surface area contributed by atoms with Gasteiger partial charge < -0.3 is 15.4 Å². The van der Waals surface area contributed by atoms with Crippen molar-refractivity contribution in [2.45, 2.75) is 25.9 Å². The largest absolute Gasteiger partial charge is 0.382 e. The SMILES string of the molecule is CC(=O)Nc1ccc(NCC2CCCO2)cc1. The van der Waals surface area contributed by atoms with Crippen molar-refractivity contribution >= 4 is 17.3 Å². The zero-order valence-electron chi connectivity index (χ0n) is 10.0. The third kappa shape index (κ3) is 3.75. The second-order valence-corrected chi connectivity index (χ2v) is 4.27. The number of rotatable bonds is 4. The molecule has 1 atom stereocenters. The van der Waals surface area contributed by atoms with Crippen LogP contribution in [0.25, 0.3) is 0 Å². The molecule has 0 saturated carbocycles. The van der Waals surface area contributed by atoms with E-state index in [0.717, 1.165) is 37.4 Å². The van der Waals surface area contributed by atoms with Gasteiger partial charge in [0.25, 0.3) is 0 Å². The molecular formula is C13H18N2O2. The van der Waals surface area contributed by atoms with Crippen molar-refractivity contribution in [1.29, 1.82) is 0 Å². The van der Waals surface area contributed by atoms with Gasteiger partial charge in [0.15, 0.2) is 0 Å². The van der Waals surface area contributed by atoms with E-state index in [1.807, 2.05) is 24.3 Å². The highest BCUT2D eigenvalue weighted by atomic mass is 16.5. The Bertz CT molecular complexity index is 370. The summed E-state index contributed by atoms with van der Waals surface area (Å²) in [5.41, 5.74) is 1.87. The minimum atomic E-state index is -0.0509. The molecule has 1 unspecified atom stereocenters. The van der Waals surface area contributed by atoms with E-state index in [0.29, 0.717) is 6.10 Å². The number of hydrogen-bond acceptors (Lipinski definition) is 3. The third-order valence-corrected chi connectivity index (χ3v) is 2.76. The standard InChI is InChI=1S/C13H18N2O2/c1-10(16)15-12-6-4-11(5-7-12)14-9-13-3-2-8-17-13/h4-7,13-14H,2-3,8-9H2,1H3,(H,15,16). The molecule has 1 aromatic rings. The first-order valence-electron chi connectivity index (χ1n) is 5.97. The topological polar surface area (TPSA) is 50.4 Å². The van der Waals surface area contributed by atoms with Gasteiger partial charge in [-0.2, -0.15) is 0 Å². The Labute approximate surface area is 101 Å². The van der Waals surface area contributed by atoms with E-state index in [9.17, 15) is 4.79 Å². The van der Waals surface area contributed by atoms with E-state index in [2.05, 4.69) is 10.6 Å². The molecule has 0 aromatic heterocycles. The van der Waals surface area contributed by atoms with Crippen LogP contribution in [0, 0.1) is 0 Å². The van der Waals surface area contributed by atoms with Gasteiger partial charge in [-0.1, -0.05) is 0 Å². The Morgan fingerprint density at radius 2 is 2.06 bits per heavy atom. The van der Waals surface area contributed by atoms with Gasteiger partial charge in [-0.25, -0.2) is 0 Å². The lowest BCUT2D eigenvalue weighted by Gasteiger charge is -2.12. The van der Waals surface area contributed by atoms with Crippen LogP contribution in [0.15, 0.2) is 24.3 Å². The van der Waals surface area contributed by atoms with Crippen molar-refractivity contribution in [1.82, 2.24) is 0 Å². The van der Waals surface area contributed by atoms with Crippen molar-refractivity contribution in [2.75, 3.05) is 23.8 Å². The summed E-state index contributed by atoms with van der Waals surface area (Å²) in [6.45, 7) is 3.23. The molecular weight excluding hydrogens is 216 g/mol. The summed E-state index contributed by atoms with van der Waals surface area (Å²) in [6, 6.07) is 7.69. The average Bonchev–Trinajstić information content (AvgIpc) is 2.80. The van der Waals surface area contributed by atoms with Crippen LogP contribution in [0.3, 0.4) is 0 Å². The maximum absolute atomic E-state index is 10.9. The zero-order chi connectivity index (χ0) is 12.1. The van der Waals surface area contributed by atoms with Crippen LogP contribution >= 0.6 is 0 Å². The molecule has 0 radical (unpaired) electrons. The molecule has 0 bridgehead atoms. The summed E-state index contributed by atoms with van der Waals surface area (Å²) in [6.07, 6.45) is 2.63. The number of amides is 1. The smallest absolute Gasteiger partial charge is 0.221 e. The Hall–Kier alpha value is -1.55. The number of nitrogens with one attached hydrogen (secondary N) is 2. The summed E-state index contributed by atoms with van der Waals surface area (Å²) >= 11 is 0. The quantitative estimate of drug-likeness (QED) is 0.840. The number of carbonyl (C=O) groups is 1. The van der Waals surface area contributed by atoms with E-state index in [4.69, 9.17) is 4.74 Å². The molecule has 1 amide bonds. The predicted molar refractivity (Wildman–Crippen MR) is 68.2 cm³/mol. The lowest BCUT2D eigenvalue weighted by molar-refractivity contribution is -0.114. The van der Waals surface area contributed by atoms with Gasteiger partial charge in [0.05, 0.1) is 6.10 Å². The van der Waals surface area contributed by atoms with Crippen LogP contribution in [-0.2, 0) is 9.53 Å². The van der Waals surface area contributed by atoms with Crippen molar-refractivity contribution in [3.63, 3.8) is 0 Å². The zero-order valence-corrected chi connectivity index (χ0v) is 10.0. The minimum absolute atomic E-state index is 0.0509. The number of hydrogen-bond donors (Lipinski definition) is 2. The summed E-state index contributed by atoms with van der Waals surface area (Å²) in [7, 11) is 0. The lowest BCUT2D eigenvalue weighted by Crippen LogP contribution is -2.18. The van der Waals surface area contributed by atoms with Gasteiger partial charge in [-0.15, -0.1) is 0 Å². The molecule has 92 valence electrons. The molecule has 1 aliphatic heterocycles. The first kappa shape index (κ1) is 11.9. The van der Waals surface area contributed by atoms with Gasteiger partial charge in [-0.3, -0.25) is 4.79 Å². The Kier molecular flexibility index (Phi) is 3.98. The maximum atomic E-state index is 10.9. The second kappa shape index (κ2) is 5.68. The Balaban J connectivity index is 1.82. The van der Waals surface area contributed by atoms with E-state index < -0.39 is 0 Å². The summed E-state index contributed by atoms with van der Waals surface area (Å²) in [5, 5.41) is 6.07. The second-order valence-electron chi connectivity index (χ2n) is 4.27. The molecule has 4 nitrogen and oxygen atoms in total. The van der Waals surface area contributed by atoms with Gasteiger partial charge in [-0.05, 0) is 37.1 Å². The van der Waals surface area contributed by atoms with Crippen LogP contribution in [-0.4, -0.2) is 25.2 Å². The van der Waals surface area contributed by atoms with Gasteiger partial charge in [0, 0.05) is 31.5 Å². The summed E-state index contributed by atoms with van der Waals surface area (Å²) in [5.74, 6) is -0.0509. The lowest BCUT2D eigenvalue weighted by atomic mass is 10.2. The fourth-order valence-electron chi connectivity index (χ4n) is 1.91. The molecule has 1 saturated heterocycles. The molecule has 4 heteroatoms. The van der Waals surface area contributed by atoms with Gasteiger partial charge in [0.1, 0.15) is 0 Å². The number of ether oxygens (including phenoxy) is 1. The molecule has 1 heterocycles. The molecule has 0 spiro atoms. The van der Waals surface area contributed by atoms with Crippen LogP contribution in [0.2, 0.25) is 0 Å². The normalized spacial score (nSPS) is 19.0. The van der Waals surface area contributed by atoms with Crippen LogP contribution in [0.1, 0.15) is 19.8 Å². The average molecular weight is 234 g/mol. The van der Waals surface area contributed by atoms with Gasteiger partial charge in [0.2, 0.25) is 5.91 Å². The highest BCUT2D eigenvalue weighted by Gasteiger charge is 2.14. The molecule has 0 aliphatic carbocycles. The minimum Gasteiger partial charge on any atom is -0.382 e. The van der Waals surface area contributed by atoms with Gasteiger partial charge >= 0.3 is 0 Å². The number of carbonyl (C=O) groups excluding carboxylic acids is 1. The van der Waals surface area contributed by atoms with Crippen molar-refractivity contribution < 1.29 is 9.53 Å². The Morgan fingerprint density at radius 3 is 2.65 bits per heavy atom. The maximum Gasteiger partial charge on any atom is 0.221 e. The first-order chi connectivity index (χ1) is 8.24. The van der Waals surface area contributed by atoms with E-state index >= 15 is 0 Å². The summed E-state index contributed by atoms with van der Waals surface area (Å²) in [4.78, 5) is 10.9. The highest BCUT2D eigenvalue weighted by Crippen LogP contribution is 2.16. The molecule has 1 aliphatic rings. The highest BCUT2D eigenvalue weighted by molar-refractivity contribution is 5.88. The third-order valence-electron chi connectivity index (χ3n) is 2.76.